The average molecular weight is 433 g/mol. The first-order valence-corrected chi connectivity index (χ1v) is 8.26. The van der Waals surface area contributed by atoms with Gasteiger partial charge in [-0.3, -0.25) is 4.79 Å². The van der Waals surface area contributed by atoms with Crippen molar-refractivity contribution in [3.63, 3.8) is 0 Å². The fraction of sp³-hybridized carbons (Fsp3) is 0.176. The molecule has 0 aliphatic rings. The maximum Gasteiger partial charge on any atom is 0.328 e. The highest BCUT2D eigenvalue weighted by Crippen LogP contribution is 2.23. The van der Waals surface area contributed by atoms with Gasteiger partial charge in [-0.25, -0.2) is 13.6 Å². The molecule has 0 saturated carbocycles. The van der Waals surface area contributed by atoms with Crippen LogP contribution in [-0.2, 0) is 16.0 Å². The number of halogens is 4. The van der Waals surface area contributed by atoms with Crippen molar-refractivity contribution in [2.75, 3.05) is 7.11 Å². The molecule has 132 valence electrons. The normalized spacial score (nSPS) is 11.7. The SMILES string of the molecule is COC(=O)[C@H](Cc1cc(Cl)ccc1Br)NC(=O)c1cc(F)cc(F)c1. The molecule has 0 heterocycles. The number of hydrogen-bond donors (Lipinski definition) is 1. The molecule has 2 rings (SSSR count). The first-order valence-electron chi connectivity index (χ1n) is 7.09. The van der Waals surface area contributed by atoms with Crippen molar-refractivity contribution >= 4 is 39.4 Å². The number of methoxy groups -OCH3 is 1. The Bertz CT molecular complexity index is 796. The van der Waals surface area contributed by atoms with Gasteiger partial charge in [-0.2, -0.15) is 0 Å². The Hall–Kier alpha value is -1.99. The van der Waals surface area contributed by atoms with Crippen LogP contribution in [-0.4, -0.2) is 25.0 Å². The summed E-state index contributed by atoms with van der Waals surface area (Å²) in [6.07, 6.45) is 0.0807. The molecule has 1 amide bonds. The van der Waals surface area contributed by atoms with Crippen LogP contribution in [0, 0.1) is 11.6 Å². The molecule has 1 N–H and O–H groups in total. The lowest BCUT2D eigenvalue weighted by atomic mass is 10.1. The van der Waals surface area contributed by atoms with Gasteiger partial charge in [-0.15, -0.1) is 0 Å². The number of hydrogen-bond acceptors (Lipinski definition) is 3. The molecule has 0 radical (unpaired) electrons. The van der Waals surface area contributed by atoms with E-state index in [1.54, 1.807) is 18.2 Å². The van der Waals surface area contributed by atoms with E-state index in [1.165, 1.54) is 7.11 Å². The molecule has 0 bridgehead atoms. The molecule has 8 heteroatoms. The van der Waals surface area contributed by atoms with E-state index < -0.39 is 29.6 Å². The second-order valence-electron chi connectivity index (χ2n) is 5.15. The predicted octanol–water partition coefficient (Wildman–Crippen LogP) is 3.89. The third-order valence-corrected chi connectivity index (χ3v) is 4.36. The minimum atomic E-state index is -1.06. The van der Waals surface area contributed by atoms with Gasteiger partial charge in [0.2, 0.25) is 0 Å². The zero-order valence-corrected chi connectivity index (χ0v) is 15.3. The zero-order chi connectivity index (χ0) is 18.6. The Morgan fingerprint density at radius 1 is 1.20 bits per heavy atom. The fourth-order valence-electron chi connectivity index (χ4n) is 2.18. The third kappa shape index (κ3) is 5.24. The number of nitrogens with one attached hydrogen (secondary N) is 1. The maximum absolute atomic E-state index is 13.3. The molecule has 0 spiro atoms. The van der Waals surface area contributed by atoms with Gasteiger partial charge in [0.15, 0.2) is 0 Å². The van der Waals surface area contributed by atoms with Gasteiger partial charge >= 0.3 is 5.97 Å². The van der Waals surface area contributed by atoms with Crippen molar-refractivity contribution < 1.29 is 23.1 Å². The molecule has 2 aromatic rings. The Kier molecular flexibility index (Phi) is 6.50. The second-order valence-corrected chi connectivity index (χ2v) is 6.44. The van der Waals surface area contributed by atoms with Gasteiger partial charge in [0, 0.05) is 27.5 Å². The van der Waals surface area contributed by atoms with Gasteiger partial charge in [-0.1, -0.05) is 27.5 Å². The lowest BCUT2D eigenvalue weighted by Gasteiger charge is -2.17. The average Bonchev–Trinajstić information content (AvgIpc) is 2.55. The molecule has 1 atom stereocenters. The van der Waals surface area contributed by atoms with E-state index in [2.05, 4.69) is 26.0 Å². The van der Waals surface area contributed by atoms with Gasteiger partial charge in [0.05, 0.1) is 7.11 Å². The summed E-state index contributed by atoms with van der Waals surface area (Å²) in [6, 6.07) is 6.35. The highest BCUT2D eigenvalue weighted by molar-refractivity contribution is 9.10. The summed E-state index contributed by atoms with van der Waals surface area (Å²) in [4.78, 5) is 24.2. The summed E-state index contributed by atoms with van der Waals surface area (Å²) < 4.78 is 31.9. The quantitative estimate of drug-likeness (QED) is 0.729. The topological polar surface area (TPSA) is 55.4 Å². The molecule has 0 aliphatic heterocycles. The van der Waals surface area contributed by atoms with E-state index in [0.717, 1.165) is 12.1 Å². The van der Waals surface area contributed by atoms with Crippen molar-refractivity contribution in [3.8, 4) is 0 Å². The van der Waals surface area contributed by atoms with E-state index in [0.29, 0.717) is 21.1 Å². The van der Waals surface area contributed by atoms with Gasteiger partial charge in [0.1, 0.15) is 17.7 Å². The molecular formula is C17H13BrClF2NO3. The standard InChI is InChI=1S/C17H13BrClF2NO3/c1-25-17(24)15(7-9-4-11(19)2-3-14(9)18)22-16(23)10-5-12(20)8-13(21)6-10/h2-6,8,15H,7H2,1H3,(H,22,23)/t15-/m0/s1. The highest BCUT2D eigenvalue weighted by Gasteiger charge is 2.24. The van der Waals surface area contributed by atoms with E-state index in [-0.39, 0.29) is 12.0 Å². The van der Waals surface area contributed by atoms with E-state index in [9.17, 15) is 18.4 Å². The van der Waals surface area contributed by atoms with Crippen LogP contribution in [0.5, 0.6) is 0 Å². The summed E-state index contributed by atoms with van der Waals surface area (Å²) in [5, 5.41) is 2.88. The Morgan fingerprint density at radius 3 is 2.44 bits per heavy atom. The van der Waals surface area contributed by atoms with Crippen molar-refractivity contribution in [2.24, 2.45) is 0 Å². The molecular weight excluding hydrogens is 420 g/mol. The smallest absolute Gasteiger partial charge is 0.328 e. The van der Waals surface area contributed by atoms with Crippen LogP contribution in [0.4, 0.5) is 8.78 Å². The zero-order valence-electron chi connectivity index (χ0n) is 13.0. The first-order chi connectivity index (χ1) is 11.8. The molecule has 0 aliphatic carbocycles. The number of ether oxygens (including phenoxy) is 1. The van der Waals surface area contributed by atoms with E-state index >= 15 is 0 Å². The van der Waals surface area contributed by atoms with E-state index in [4.69, 9.17) is 11.6 Å². The number of esters is 1. The minimum Gasteiger partial charge on any atom is -0.467 e. The van der Waals surface area contributed by atoms with Crippen LogP contribution in [0.15, 0.2) is 40.9 Å². The number of rotatable bonds is 5. The summed E-state index contributed by atoms with van der Waals surface area (Å²) in [5.41, 5.74) is 0.421. The lowest BCUT2D eigenvalue weighted by molar-refractivity contribution is -0.142. The molecule has 0 aromatic heterocycles. The van der Waals surface area contributed by atoms with Gasteiger partial charge < -0.3 is 10.1 Å². The lowest BCUT2D eigenvalue weighted by Crippen LogP contribution is -2.43. The monoisotopic (exact) mass is 431 g/mol. The number of benzene rings is 2. The molecule has 0 fully saturated rings. The van der Waals surface area contributed by atoms with Crippen molar-refractivity contribution in [2.45, 2.75) is 12.5 Å². The maximum atomic E-state index is 13.3. The number of amides is 1. The number of carbonyl (C=O) groups is 2. The highest BCUT2D eigenvalue weighted by atomic mass is 79.9. The largest absolute Gasteiger partial charge is 0.467 e. The molecule has 0 unspecified atom stereocenters. The van der Waals surface area contributed by atoms with Crippen molar-refractivity contribution in [1.29, 1.82) is 0 Å². The van der Waals surface area contributed by atoms with E-state index in [1.807, 2.05) is 0 Å². The molecule has 25 heavy (non-hydrogen) atoms. The van der Waals surface area contributed by atoms with Crippen LogP contribution in [0.2, 0.25) is 5.02 Å². The third-order valence-electron chi connectivity index (χ3n) is 3.35. The molecule has 2 aromatic carbocycles. The Labute approximate surface area is 156 Å². The van der Waals surface area contributed by atoms with Crippen molar-refractivity contribution in [1.82, 2.24) is 5.32 Å². The van der Waals surface area contributed by atoms with Crippen LogP contribution in [0.1, 0.15) is 15.9 Å². The van der Waals surface area contributed by atoms with Crippen molar-refractivity contribution in [3.05, 3.63) is 68.7 Å². The van der Waals surface area contributed by atoms with Gasteiger partial charge in [0.25, 0.3) is 5.91 Å². The van der Waals surface area contributed by atoms with Crippen LogP contribution < -0.4 is 5.32 Å². The van der Waals surface area contributed by atoms with Crippen LogP contribution in [0.25, 0.3) is 0 Å². The summed E-state index contributed by atoms with van der Waals surface area (Å²) in [7, 11) is 1.18. The summed E-state index contributed by atoms with van der Waals surface area (Å²) in [6.45, 7) is 0. The fourth-order valence-corrected chi connectivity index (χ4v) is 2.78. The molecule has 4 nitrogen and oxygen atoms in total. The second kappa shape index (κ2) is 8.40. The van der Waals surface area contributed by atoms with Crippen LogP contribution >= 0.6 is 27.5 Å². The minimum absolute atomic E-state index is 0.0807. The Morgan fingerprint density at radius 2 is 1.84 bits per heavy atom. The number of carbonyl (C=O) groups excluding carboxylic acids is 2. The summed E-state index contributed by atoms with van der Waals surface area (Å²) >= 11 is 9.28. The predicted molar refractivity (Wildman–Crippen MR) is 92.5 cm³/mol. The summed E-state index contributed by atoms with van der Waals surface area (Å²) in [5.74, 6) is -3.28. The Balaban J connectivity index is 2.24. The van der Waals surface area contributed by atoms with Crippen LogP contribution in [0.3, 0.4) is 0 Å². The van der Waals surface area contributed by atoms with Gasteiger partial charge in [-0.05, 0) is 35.9 Å². The first kappa shape index (κ1) is 19.3. The molecule has 0 saturated heterocycles.